The molecule has 3 heteroatoms. The third-order valence-corrected chi connectivity index (χ3v) is 1.87. The quantitative estimate of drug-likeness (QED) is 0.604. The van der Waals surface area contributed by atoms with Gasteiger partial charge >= 0.3 is 5.97 Å². The van der Waals surface area contributed by atoms with Gasteiger partial charge in [0.05, 0.1) is 13.2 Å². The standard InChI is InChI=1S/C9H17NO2/c1-2-5-12-9(11)7-10-6-8-3-4-8/h8,10H,2-7H2,1H3. The third kappa shape index (κ3) is 4.34. The Bertz CT molecular complexity index is 143. The lowest BCUT2D eigenvalue weighted by Gasteiger charge is -2.03. The van der Waals surface area contributed by atoms with Crippen LogP contribution in [0, 0.1) is 5.92 Å². The first-order valence-corrected chi connectivity index (χ1v) is 4.69. The normalized spacial score (nSPS) is 16.1. The molecule has 1 fully saturated rings. The van der Waals surface area contributed by atoms with Crippen LogP contribution in [0.25, 0.3) is 0 Å². The highest BCUT2D eigenvalue weighted by atomic mass is 16.5. The lowest BCUT2D eigenvalue weighted by Crippen LogP contribution is -2.26. The fourth-order valence-corrected chi connectivity index (χ4v) is 0.967. The van der Waals surface area contributed by atoms with Crippen molar-refractivity contribution in [1.82, 2.24) is 5.32 Å². The second-order valence-electron chi connectivity index (χ2n) is 3.29. The second-order valence-corrected chi connectivity index (χ2v) is 3.29. The summed E-state index contributed by atoms with van der Waals surface area (Å²) < 4.78 is 4.89. The third-order valence-electron chi connectivity index (χ3n) is 1.87. The summed E-state index contributed by atoms with van der Waals surface area (Å²) in [6, 6.07) is 0. The van der Waals surface area contributed by atoms with Crippen molar-refractivity contribution in [3.05, 3.63) is 0 Å². The van der Waals surface area contributed by atoms with Crippen molar-refractivity contribution in [3.8, 4) is 0 Å². The summed E-state index contributed by atoms with van der Waals surface area (Å²) in [7, 11) is 0. The maximum Gasteiger partial charge on any atom is 0.319 e. The van der Waals surface area contributed by atoms with Crippen LogP contribution in [0.15, 0.2) is 0 Å². The average molecular weight is 171 g/mol. The van der Waals surface area contributed by atoms with Crippen molar-refractivity contribution in [1.29, 1.82) is 0 Å². The first kappa shape index (κ1) is 9.52. The van der Waals surface area contributed by atoms with E-state index in [2.05, 4.69) is 5.32 Å². The summed E-state index contributed by atoms with van der Waals surface area (Å²) in [4.78, 5) is 10.9. The number of carbonyl (C=O) groups excluding carboxylic acids is 1. The van der Waals surface area contributed by atoms with Gasteiger partial charge in [0.1, 0.15) is 0 Å². The van der Waals surface area contributed by atoms with E-state index in [9.17, 15) is 4.79 Å². The molecule has 0 bridgehead atoms. The van der Waals surface area contributed by atoms with E-state index in [1.54, 1.807) is 0 Å². The molecule has 0 unspecified atom stereocenters. The van der Waals surface area contributed by atoms with E-state index in [-0.39, 0.29) is 5.97 Å². The molecule has 1 rings (SSSR count). The maximum atomic E-state index is 10.9. The van der Waals surface area contributed by atoms with Crippen molar-refractivity contribution in [2.24, 2.45) is 5.92 Å². The number of ether oxygens (including phenoxy) is 1. The summed E-state index contributed by atoms with van der Waals surface area (Å²) in [5, 5.41) is 3.08. The molecular weight excluding hydrogens is 154 g/mol. The van der Waals surface area contributed by atoms with Crippen LogP contribution >= 0.6 is 0 Å². The summed E-state index contributed by atoms with van der Waals surface area (Å²) in [6.45, 7) is 3.88. The summed E-state index contributed by atoms with van der Waals surface area (Å²) >= 11 is 0. The van der Waals surface area contributed by atoms with Crippen LogP contribution in [0.3, 0.4) is 0 Å². The molecule has 0 aliphatic heterocycles. The predicted molar refractivity (Wildman–Crippen MR) is 46.8 cm³/mol. The van der Waals surface area contributed by atoms with E-state index in [0.717, 1.165) is 18.9 Å². The highest BCUT2D eigenvalue weighted by molar-refractivity contribution is 5.71. The smallest absolute Gasteiger partial charge is 0.319 e. The lowest BCUT2D eigenvalue weighted by molar-refractivity contribution is -0.142. The Morgan fingerprint density at radius 3 is 2.92 bits per heavy atom. The van der Waals surface area contributed by atoms with E-state index in [4.69, 9.17) is 4.74 Å². The van der Waals surface area contributed by atoms with Gasteiger partial charge in [-0.25, -0.2) is 0 Å². The number of hydrogen-bond donors (Lipinski definition) is 1. The Kier molecular flexibility index (Phi) is 4.08. The minimum Gasteiger partial charge on any atom is -0.465 e. The van der Waals surface area contributed by atoms with Gasteiger partial charge in [0.25, 0.3) is 0 Å². The zero-order valence-corrected chi connectivity index (χ0v) is 7.64. The highest BCUT2D eigenvalue weighted by Gasteiger charge is 2.20. The van der Waals surface area contributed by atoms with Gasteiger partial charge in [0.15, 0.2) is 0 Å². The molecular formula is C9H17NO2. The summed E-state index contributed by atoms with van der Waals surface area (Å²) in [5.74, 6) is 0.696. The fourth-order valence-electron chi connectivity index (χ4n) is 0.967. The molecule has 3 nitrogen and oxygen atoms in total. The van der Waals surface area contributed by atoms with E-state index in [1.807, 2.05) is 6.92 Å². The van der Waals surface area contributed by atoms with Crippen LogP contribution in [0.4, 0.5) is 0 Å². The van der Waals surface area contributed by atoms with E-state index < -0.39 is 0 Å². The average Bonchev–Trinajstić information content (AvgIpc) is 2.84. The zero-order chi connectivity index (χ0) is 8.81. The number of rotatable bonds is 6. The number of carbonyl (C=O) groups is 1. The molecule has 0 radical (unpaired) electrons. The Morgan fingerprint density at radius 2 is 2.33 bits per heavy atom. The van der Waals surface area contributed by atoms with Crippen molar-refractivity contribution in [2.45, 2.75) is 26.2 Å². The van der Waals surface area contributed by atoms with Crippen molar-refractivity contribution in [3.63, 3.8) is 0 Å². The molecule has 1 aliphatic rings. The SMILES string of the molecule is CCCOC(=O)CNCC1CC1. The van der Waals surface area contributed by atoms with Crippen LogP contribution in [-0.2, 0) is 9.53 Å². The van der Waals surface area contributed by atoms with Gasteiger partial charge < -0.3 is 10.1 Å². The molecule has 70 valence electrons. The van der Waals surface area contributed by atoms with Gasteiger partial charge in [-0.1, -0.05) is 6.92 Å². The molecule has 12 heavy (non-hydrogen) atoms. The fraction of sp³-hybridized carbons (Fsp3) is 0.889. The Morgan fingerprint density at radius 1 is 1.58 bits per heavy atom. The molecule has 0 heterocycles. The zero-order valence-electron chi connectivity index (χ0n) is 7.64. The molecule has 0 amide bonds. The Balaban J connectivity index is 1.86. The molecule has 0 aromatic carbocycles. The topological polar surface area (TPSA) is 38.3 Å². The number of nitrogens with one attached hydrogen (secondary N) is 1. The molecule has 0 aromatic rings. The van der Waals surface area contributed by atoms with Crippen molar-refractivity contribution < 1.29 is 9.53 Å². The van der Waals surface area contributed by atoms with Crippen molar-refractivity contribution in [2.75, 3.05) is 19.7 Å². The maximum absolute atomic E-state index is 10.9. The van der Waals surface area contributed by atoms with Crippen LogP contribution in [0.5, 0.6) is 0 Å². The minimum atomic E-state index is -0.127. The van der Waals surface area contributed by atoms with E-state index in [0.29, 0.717) is 13.2 Å². The first-order valence-electron chi connectivity index (χ1n) is 4.69. The lowest BCUT2D eigenvalue weighted by atomic mass is 10.4. The molecule has 1 aliphatic carbocycles. The van der Waals surface area contributed by atoms with Crippen LogP contribution in [-0.4, -0.2) is 25.7 Å². The van der Waals surface area contributed by atoms with Crippen LogP contribution in [0.1, 0.15) is 26.2 Å². The monoisotopic (exact) mass is 171 g/mol. The molecule has 0 atom stereocenters. The number of esters is 1. The van der Waals surface area contributed by atoms with Crippen LogP contribution in [0.2, 0.25) is 0 Å². The molecule has 0 saturated heterocycles. The second kappa shape index (κ2) is 5.14. The molecule has 1 N–H and O–H groups in total. The highest BCUT2D eigenvalue weighted by Crippen LogP contribution is 2.27. The van der Waals surface area contributed by atoms with E-state index in [1.165, 1.54) is 12.8 Å². The van der Waals surface area contributed by atoms with Gasteiger partial charge in [0, 0.05) is 0 Å². The van der Waals surface area contributed by atoms with Gasteiger partial charge in [-0.3, -0.25) is 4.79 Å². The van der Waals surface area contributed by atoms with E-state index >= 15 is 0 Å². The Hall–Kier alpha value is -0.570. The van der Waals surface area contributed by atoms with Gasteiger partial charge in [-0.2, -0.15) is 0 Å². The molecule has 1 saturated carbocycles. The Labute approximate surface area is 73.5 Å². The molecule has 0 spiro atoms. The summed E-state index contributed by atoms with van der Waals surface area (Å²) in [6.07, 6.45) is 3.53. The summed E-state index contributed by atoms with van der Waals surface area (Å²) in [5.41, 5.74) is 0. The first-order chi connectivity index (χ1) is 5.83. The van der Waals surface area contributed by atoms with Gasteiger partial charge in [0.2, 0.25) is 0 Å². The number of hydrogen-bond acceptors (Lipinski definition) is 3. The van der Waals surface area contributed by atoms with Crippen LogP contribution < -0.4 is 5.32 Å². The largest absolute Gasteiger partial charge is 0.465 e. The molecule has 0 aromatic heterocycles. The van der Waals surface area contributed by atoms with Gasteiger partial charge in [-0.05, 0) is 31.7 Å². The van der Waals surface area contributed by atoms with Gasteiger partial charge in [-0.15, -0.1) is 0 Å². The minimum absolute atomic E-state index is 0.127. The predicted octanol–water partition coefficient (Wildman–Crippen LogP) is 0.939. The van der Waals surface area contributed by atoms with Crippen molar-refractivity contribution >= 4 is 5.97 Å².